The number of para-hydroxylation sites is 2. The fraction of sp³-hybridized carbons (Fsp3) is 0.224. The molecule has 18 aromatic rings. The molecule has 0 atom stereocenters. The molecule has 0 bridgehead atoms. The molecule has 12 heterocycles. The van der Waals surface area contributed by atoms with Crippen molar-refractivity contribution in [2.45, 2.75) is 65.2 Å². The Balaban J connectivity index is 0.000000122. The molecule has 0 spiro atoms. The van der Waals surface area contributed by atoms with Gasteiger partial charge in [-0.15, -0.1) is 0 Å². The second-order valence-electron chi connectivity index (χ2n) is 36.0. The lowest BCUT2D eigenvalue weighted by Crippen LogP contribution is -2.47. The zero-order valence-electron chi connectivity index (χ0n) is 80.2. The number of anilines is 14. The summed E-state index contributed by atoms with van der Waals surface area (Å²) in [4.78, 5) is 60.4. The molecular weight excluding hydrogens is 1890 g/mol. The predicted molar refractivity (Wildman–Crippen MR) is 585 cm³/mol. The smallest absolute Gasteiger partial charge is 0.225 e. The van der Waals surface area contributed by atoms with Crippen LogP contribution in [0.25, 0.3) is 43.6 Å². The lowest BCUT2D eigenvalue weighted by molar-refractivity contribution is 0.122. The van der Waals surface area contributed by atoms with Gasteiger partial charge in [-0.25, -0.2) is 38.7 Å². The Bertz CT molecular complexity index is 7470. The van der Waals surface area contributed by atoms with E-state index in [1.807, 2.05) is 147 Å². The molecule has 28 heteroatoms. The van der Waals surface area contributed by atoms with Crippen molar-refractivity contribution < 1.29 is 18.3 Å². The van der Waals surface area contributed by atoms with Crippen LogP contribution < -0.4 is 50.7 Å². The molecule has 4 aliphatic heterocycles. The van der Waals surface area contributed by atoms with Crippen LogP contribution in [0.1, 0.15) is 56.4 Å². The summed E-state index contributed by atoms with van der Waals surface area (Å²) in [7, 11) is 0. The topological polar surface area (TPSA) is 215 Å². The van der Waals surface area contributed by atoms with Crippen molar-refractivity contribution in [3.63, 3.8) is 0 Å². The van der Waals surface area contributed by atoms with Crippen molar-refractivity contribution in [3.8, 4) is 0 Å². The fourth-order valence-corrected chi connectivity index (χ4v) is 19.1. The molecule has 0 saturated carbocycles. The van der Waals surface area contributed by atoms with Crippen LogP contribution in [0.3, 0.4) is 0 Å². The molecule has 0 radical (unpaired) electrons. The van der Waals surface area contributed by atoms with Crippen LogP contribution in [0.2, 0.25) is 20.1 Å². The molecule has 144 heavy (non-hydrogen) atoms. The number of fused-ring (bicyclic) bond motifs is 4. The number of morpholine rings is 2. The number of rotatable bonds is 26. The van der Waals surface area contributed by atoms with E-state index in [-0.39, 0.29) is 11.6 Å². The third-order valence-corrected chi connectivity index (χ3v) is 26.9. The number of halogens is 6. The molecule has 4 saturated heterocycles. The Labute approximate surface area is 857 Å². The fourth-order valence-electron chi connectivity index (χ4n) is 18.4. The third-order valence-electron chi connectivity index (χ3n) is 25.9. The largest absolute Gasteiger partial charge is 0.378 e. The zero-order valence-corrected chi connectivity index (χ0v) is 83.3. The van der Waals surface area contributed by atoms with Gasteiger partial charge >= 0.3 is 0 Å². The number of nitrogens with zero attached hydrogens (tertiary/aromatic N) is 16. The van der Waals surface area contributed by atoms with Gasteiger partial charge in [0.25, 0.3) is 0 Å². The summed E-state index contributed by atoms with van der Waals surface area (Å²) in [6.45, 7) is 17.8. The van der Waals surface area contributed by atoms with Crippen LogP contribution in [0.4, 0.5) is 89.2 Å². The molecule has 22 nitrogen and oxygen atoms in total. The van der Waals surface area contributed by atoms with Crippen molar-refractivity contribution >= 4 is 170 Å². The third kappa shape index (κ3) is 26.0. The molecule has 728 valence electrons. The lowest BCUT2D eigenvalue weighted by atomic mass is 10.1. The standard InChI is InChI=1S/C32H30ClFN6.C32H29ClFN5.C26H26ClN5O.C26H25ClN4O/c1-22-19-25(38-32(36-22)40-17-15-39(16-18-40)27-5-3-2-4-6-27)9-7-23-20-26(10-12-29(23)34)37-30-13-14-35-31-21-24(33)8-11-28(30)31;33-24-10-13-28-30(15-16-35-31(28)22-24)36-26-12-14-29(34)23(21-26)9-11-25-5-4-8-32(37-25)39-19-17-38(18-20-39)27-6-2-1-3-7-27;1-18-15-22(31-26(29-18)32-11-13-33-14-12-32)7-5-19-3-2-4-21(16-19)30-24-9-10-28-25-17-20(27)6-8-23(24)25;27-20-8-10-23-24(11-12-28-25(23)18-20)29-22-5-1-3-19(17-22)7-9-21-4-2-6-26(30-21)31-13-15-32-16-14-31/h2-6,8,10-14,19-21H,7,9,15-18H2,1H3,(H,35,37);1-8,10,12-16,21-22H,9,11,17-20H2,(H,35,36);2-4,6,8-10,15-17H,5,7,11-14H2,1H3,(H,28,30);1-6,8,10-12,17-18H,7,9,13-16H2,(H,28,29). The molecular formula is C116H110Cl4F2N20O2. The number of hydrogen-bond acceptors (Lipinski definition) is 22. The Morgan fingerprint density at radius 2 is 0.597 bits per heavy atom. The number of aryl methyl sites for hydroxylation is 10. The van der Waals surface area contributed by atoms with E-state index in [0.717, 1.165) is 277 Å². The van der Waals surface area contributed by atoms with E-state index in [1.165, 1.54) is 34.6 Å². The summed E-state index contributed by atoms with van der Waals surface area (Å²) in [6, 6.07) is 95.5. The van der Waals surface area contributed by atoms with E-state index in [9.17, 15) is 8.78 Å². The number of piperazine rings is 2. The number of nitrogens with one attached hydrogen (secondary N) is 4. The molecule has 22 rings (SSSR count). The monoisotopic (exact) mass is 1990 g/mol. The summed E-state index contributed by atoms with van der Waals surface area (Å²) in [6.07, 6.45) is 13.1. The Morgan fingerprint density at radius 1 is 0.271 bits per heavy atom. The zero-order chi connectivity index (χ0) is 98.5. The molecule has 0 unspecified atom stereocenters. The summed E-state index contributed by atoms with van der Waals surface area (Å²) in [5.41, 5.74) is 23.2. The first kappa shape index (κ1) is 98.0. The van der Waals surface area contributed by atoms with Crippen molar-refractivity contribution in [1.29, 1.82) is 0 Å². The molecule has 4 fully saturated rings. The van der Waals surface area contributed by atoms with Gasteiger partial charge in [0.15, 0.2) is 0 Å². The van der Waals surface area contributed by atoms with Crippen LogP contribution in [0.15, 0.2) is 316 Å². The summed E-state index contributed by atoms with van der Waals surface area (Å²) >= 11 is 24.5. The first-order valence-electron chi connectivity index (χ1n) is 48.9. The Hall–Kier alpha value is -14.8. The maximum Gasteiger partial charge on any atom is 0.225 e. The minimum absolute atomic E-state index is 0.208. The van der Waals surface area contributed by atoms with E-state index in [0.29, 0.717) is 56.9 Å². The highest BCUT2D eigenvalue weighted by Crippen LogP contribution is 2.36. The number of benzene rings is 10. The second-order valence-corrected chi connectivity index (χ2v) is 37.7. The average molecular weight is 2000 g/mol. The molecule has 0 aliphatic carbocycles. The minimum atomic E-state index is -0.222. The Kier molecular flexibility index (Phi) is 32.3. The highest BCUT2D eigenvalue weighted by molar-refractivity contribution is 6.32. The maximum atomic E-state index is 14.8. The van der Waals surface area contributed by atoms with Crippen molar-refractivity contribution in [2.75, 3.05) is 156 Å². The predicted octanol–water partition coefficient (Wildman–Crippen LogP) is 25.3. The molecule has 4 N–H and O–H groups in total. The van der Waals surface area contributed by atoms with E-state index in [1.54, 1.807) is 36.9 Å². The second kappa shape index (κ2) is 47.4. The van der Waals surface area contributed by atoms with Crippen LogP contribution in [-0.2, 0) is 60.8 Å². The average Bonchev–Trinajstić information content (AvgIpc) is 0.799. The first-order chi connectivity index (χ1) is 70.5. The van der Waals surface area contributed by atoms with Gasteiger partial charge in [-0.1, -0.05) is 119 Å². The van der Waals surface area contributed by atoms with Gasteiger partial charge in [-0.2, -0.15) is 0 Å². The van der Waals surface area contributed by atoms with Gasteiger partial charge in [-0.05, 0) is 306 Å². The van der Waals surface area contributed by atoms with E-state index in [4.69, 9.17) is 80.8 Å². The van der Waals surface area contributed by atoms with Gasteiger partial charge in [0.2, 0.25) is 11.9 Å². The highest BCUT2D eigenvalue weighted by atomic mass is 35.5. The Morgan fingerprint density at radius 3 is 0.993 bits per heavy atom. The number of hydrogen-bond donors (Lipinski definition) is 4. The van der Waals surface area contributed by atoms with Gasteiger partial charge in [0, 0.05) is 236 Å². The summed E-state index contributed by atoms with van der Waals surface area (Å²) in [5.74, 6) is 3.17. The van der Waals surface area contributed by atoms with Crippen LogP contribution >= 0.6 is 46.4 Å². The minimum Gasteiger partial charge on any atom is -0.378 e. The number of pyridine rings is 6. The molecule has 4 aliphatic rings. The SMILES string of the molecule is Cc1cc(CCc2cc(Nc3ccnc4cc(Cl)ccc34)ccc2F)nc(N2CCN(c3ccccc3)CC2)n1.Cc1cc(CCc2cccc(Nc3ccnc4cc(Cl)ccc34)c2)nc(N2CCOCC2)n1.Clc1ccc2c(Nc3cccc(CCc4cccc(N5CCOCC5)n4)c3)ccnc2c1.Fc1ccc(Nc2ccnc3cc(Cl)ccc23)cc1CCc1cccc(N2CCN(c3ccccc3)CC2)n1. The number of aromatic nitrogens is 10. The van der Waals surface area contributed by atoms with E-state index < -0.39 is 0 Å². The van der Waals surface area contributed by atoms with Crippen LogP contribution in [0.5, 0.6) is 0 Å². The van der Waals surface area contributed by atoms with Gasteiger partial charge < -0.3 is 60.1 Å². The van der Waals surface area contributed by atoms with Gasteiger partial charge in [-0.3, -0.25) is 19.9 Å². The lowest BCUT2D eigenvalue weighted by Gasteiger charge is -2.36. The molecule has 0 amide bonds. The summed E-state index contributed by atoms with van der Waals surface area (Å²) < 4.78 is 40.5. The van der Waals surface area contributed by atoms with Crippen molar-refractivity contribution in [1.82, 2.24) is 49.8 Å². The maximum absolute atomic E-state index is 14.8. The van der Waals surface area contributed by atoms with Gasteiger partial charge in [0.1, 0.15) is 23.3 Å². The van der Waals surface area contributed by atoms with Crippen LogP contribution in [-0.4, -0.2) is 155 Å². The molecule has 10 aromatic carbocycles. The summed E-state index contributed by atoms with van der Waals surface area (Å²) in [5, 5.41) is 20.6. The first-order valence-corrected chi connectivity index (χ1v) is 50.4. The van der Waals surface area contributed by atoms with Gasteiger partial charge in [0.05, 0.1) is 48.5 Å². The number of ether oxygens (including phenoxy) is 2. The van der Waals surface area contributed by atoms with Crippen LogP contribution in [0, 0.1) is 25.5 Å². The van der Waals surface area contributed by atoms with Crippen molar-refractivity contribution in [2.24, 2.45) is 0 Å². The highest BCUT2D eigenvalue weighted by Gasteiger charge is 2.25. The quantitative estimate of drug-likeness (QED) is 0.0396. The normalized spacial score (nSPS) is 13.8. The van der Waals surface area contributed by atoms with E-state index >= 15 is 0 Å². The molecule has 8 aromatic heterocycles. The van der Waals surface area contributed by atoms with E-state index in [2.05, 4.69) is 209 Å². The van der Waals surface area contributed by atoms with Crippen molar-refractivity contribution in [3.05, 3.63) is 404 Å².